The number of hydrogen-bond acceptors (Lipinski definition) is 3. The molecule has 1 N–H and O–H groups in total. The third-order valence-electron chi connectivity index (χ3n) is 4.92. The Hall–Kier alpha value is -1.85. The van der Waals surface area contributed by atoms with Gasteiger partial charge in [-0.05, 0) is 30.5 Å². The number of thiazole rings is 1. The average molecular weight is 376 g/mol. The van der Waals surface area contributed by atoms with E-state index in [1.807, 2.05) is 34.3 Å². The Morgan fingerprint density at radius 3 is 2.64 bits per heavy atom. The molecule has 0 aliphatic rings. The van der Waals surface area contributed by atoms with Crippen LogP contribution in [0.3, 0.4) is 0 Å². The van der Waals surface area contributed by atoms with Crippen LogP contribution in [0.5, 0.6) is 0 Å². The van der Waals surface area contributed by atoms with E-state index < -0.39 is 0 Å². The Morgan fingerprint density at radius 2 is 2.00 bits per heavy atom. The summed E-state index contributed by atoms with van der Waals surface area (Å²) < 4.78 is 1.95. The van der Waals surface area contributed by atoms with Gasteiger partial charge in [-0.3, -0.25) is 9.20 Å². The van der Waals surface area contributed by atoms with Crippen molar-refractivity contribution in [3.05, 3.63) is 58.3 Å². The molecule has 1 amide bonds. The third kappa shape index (κ3) is 3.88. The molecule has 2 aromatic heterocycles. The number of nitrogens with one attached hydrogen (secondary N) is 1. The molecule has 0 atom stereocenters. The lowest BCUT2D eigenvalue weighted by atomic mass is 9.76. The lowest BCUT2D eigenvalue weighted by Crippen LogP contribution is -2.40. The lowest BCUT2D eigenvalue weighted by Gasteiger charge is -2.32. The van der Waals surface area contributed by atoms with Crippen LogP contribution >= 0.6 is 22.9 Å². The Labute approximate surface area is 156 Å². The van der Waals surface area contributed by atoms with Crippen molar-refractivity contribution in [3.63, 3.8) is 0 Å². The third-order valence-corrected chi connectivity index (χ3v) is 5.94. The number of nitrogens with zero attached hydrogens (tertiary/aromatic N) is 2. The minimum absolute atomic E-state index is 0.00555. The molecule has 0 spiro atoms. The summed E-state index contributed by atoms with van der Waals surface area (Å²) in [5, 5.41) is 5.82. The van der Waals surface area contributed by atoms with Gasteiger partial charge in [0.2, 0.25) is 5.91 Å². The zero-order valence-corrected chi connectivity index (χ0v) is 16.0. The summed E-state index contributed by atoms with van der Waals surface area (Å²) >= 11 is 7.58. The van der Waals surface area contributed by atoms with E-state index in [4.69, 9.17) is 11.6 Å². The number of imidazole rings is 1. The fraction of sp³-hybridized carbons (Fsp3) is 0.368. The quantitative estimate of drug-likeness (QED) is 0.662. The van der Waals surface area contributed by atoms with Crippen molar-refractivity contribution < 1.29 is 4.79 Å². The van der Waals surface area contributed by atoms with Crippen molar-refractivity contribution >= 4 is 33.8 Å². The summed E-state index contributed by atoms with van der Waals surface area (Å²) in [7, 11) is 0. The highest BCUT2D eigenvalue weighted by atomic mass is 35.5. The molecule has 0 saturated heterocycles. The summed E-state index contributed by atoms with van der Waals surface area (Å²) in [5.41, 5.74) is 1.94. The summed E-state index contributed by atoms with van der Waals surface area (Å²) in [6, 6.07) is 7.95. The van der Waals surface area contributed by atoms with Gasteiger partial charge < -0.3 is 5.32 Å². The van der Waals surface area contributed by atoms with Gasteiger partial charge in [0, 0.05) is 34.8 Å². The molecule has 6 heteroatoms. The molecule has 25 heavy (non-hydrogen) atoms. The fourth-order valence-electron chi connectivity index (χ4n) is 3.17. The smallest absolute Gasteiger partial charge is 0.226 e. The molecule has 1 aromatic carbocycles. The molecule has 0 aliphatic heterocycles. The molecule has 0 bridgehead atoms. The first kappa shape index (κ1) is 18.0. The first-order valence-electron chi connectivity index (χ1n) is 8.50. The Kier molecular flexibility index (Phi) is 5.45. The van der Waals surface area contributed by atoms with Crippen LogP contribution in [-0.4, -0.2) is 21.8 Å². The van der Waals surface area contributed by atoms with E-state index in [1.165, 1.54) is 5.56 Å². The van der Waals surface area contributed by atoms with Gasteiger partial charge in [0.05, 0.1) is 12.1 Å². The highest BCUT2D eigenvalue weighted by Gasteiger charge is 2.29. The molecule has 3 aromatic rings. The number of aromatic nitrogens is 2. The Balaban J connectivity index is 1.67. The molecular formula is C19H22ClN3OS. The number of amides is 1. The minimum Gasteiger partial charge on any atom is -0.355 e. The van der Waals surface area contributed by atoms with E-state index >= 15 is 0 Å². The molecule has 0 saturated carbocycles. The van der Waals surface area contributed by atoms with Gasteiger partial charge in [0.1, 0.15) is 0 Å². The highest BCUT2D eigenvalue weighted by molar-refractivity contribution is 7.15. The maximum absolute atomic E-state index is 12.4. The molecule has 0 radical (unpaired) electrons. The van der Waals surface area contributed by atoms with E-state index in [2.05, 4.69) is 36.3 Å². The van der Waals surface area contributed by atoms with Gasteiger partial charge in [-0.1, -0.05) is 37.6 Å². The molecule has 2 heterocycles. The van der Waals surface area contributed by atoms with Gasteiger partial charge in [0.15, 0.2) is 4.96 Å². The topological polar surface area (TPSA) is 46.4 Å². The zero-order valence-electron chi connectivity index (χ0n) is 14.5. The Morgan fingerprint density at radius 1 is 1.28 bits per heavy atom. The van der Waals surface area contributed by atoms with Crippen LogP contribution in [0.4, 0.5) is 0 Å². The van der Waals surface area contributed by atoms with Gasteiger partial charge in [-0.25, -0.2) is 4.98 Å². The van der Waals surface area contributed by atoms with Crippen molar-refractivity contribution in [1.29, 1.82) is 0 Å². The number of benzene rings is 1. The van der Waals surface area contributed by atoms with Gasteiger partial charge in [-0.2, -0.15) is 0 Å². The lowest BCUT2D eigenvalue weighted by molar-refractivity contribution is -0.120. The monoisotopic (exact) mass is 375 g/mol. The van der Waals surface area contributed by atoms with Crippen LogP contribution in [0.1, 0.15) is 37.9 Å². The zero-order chi connectivity index (χ0) is 17.9. The Bertz CT molecular complexity index is 821. The first-order valence-corrected chi connectivity index (χ1v) is 9.76. The number of rotatable bonds is 7. The first-order chi connectivity index (χ1) is 12.1. The van der Waals surface area contributed by atoms with Crippen LogP contribution in [-0.2, 0) is 16.6 Å². The van der Waals surface area contributed by atoms with E-state index in [9.17, 15) is 4.79 Å². The van der Waals surface area contributed by atoms with E-state index in [-0.39, 0.29) is 11.3 Å². The van der Waals surface area contributed by atoms with Crippen molar-refractivity contribution in [2.45, 2.75) is 38.5 Å². The molecule has 0 fully saturated rings. The number of carbonyl (C=O) groups excluding carboxylic acids is 1. The average Bonchev–Trinajstić information content (AvgIpc) is 3.19. The summed E-state index contributed by atoms with van der Waals surface area (Å²) in [6.07, 6.45) is 6.07. The predicted molar refractivity (Wildman–Crippen MR) is 103 cm³/mol. The van der Waals surface area contributed by atoms with Crippen molar-refractivity contribution in [2.75, 3.05) is 6.54 Å². The second-order valence-corrected chi connectivity index (χ2v) is 7.58. The summed E-state index contributed by atoms with van der Waals surface area (Å²) in [5.74, 6) is 0.00555. The number of halogens is 1. The predicted octanol–water partition coefficient (Wildman–Crippen LogP) is 4.47. The second-order valence-electron chi connectivity index (χ2n) is 6.27. The molecule has 4 nitrogen and oxygen atoms in total. The maximum atomic E-state index is 12.4. The van der Waals surface area contributed by atoms with Crippen molar-refractivity contribution in [1.82, 2.24) is 14.7 Å². The van der Waals surface area contributed by atoms with Gasteiger partial charge >= 0.3 is 0 Å². The number of fused-ring (bicyclic) bond motifs is 1. The van der Waals surface area contributed by atoms with Gasteiger partial charge in [-0.15, -0.1) is 11.3 Å². The molecule has 3 rings (SSSR count). The van der Waals surface area contributed by atoms with E-state index in [0.717, 1.165) is 28.5 Å². The van der Waals surface area contributed by atoms with Crippen LogP contribution in [0.25, 0.3) is 4.96 Å². The summed E-state index contributed by atoms with van der Waals surface area (Å²) in [6.45, 7) is 4.93. The molecular weight excluding hydrogens is 354 g/mol. The fourth-order valence-corrected chi connectivity index (χ4v) is 4.01. The SMILES string of the molecule is CCC(CC)(CNC(=O)Cc1cn2ccsc2n1)c1ccc(Cl)cc1. The molecule has 0 aliphatic carbocycles. The van der Waals surface area contributed by atoms with E-state index in [1.54, 1.807) is 11.3 Å². The van der Waals surface area contributed by atoms with Crippen LogP contribution in [0.2, 0.25) is 5.02 Å². The maximum Gasteiger partial charge on any atom is 0.226 e. The standard InChI is InChI=1S/C19H22ClN3OS/c1-3-19(4-2,14-5-7-15(20)8-6-14)13-21-17(24)11-16-12-23-9-10-25-18(23)22-16/h5-10,12H,3-4,11,13H2,1-2H3,(H,21,24). The minimum atomic E-state index is -0.0746. The van der Waals surface area contributed by atoms with E-state index in [0.29, 0.717) is 13.0 Å². The van der Waals surface area contributed by atoms with Crippen LogP contribution in [0.15, 0.2) is 42.0 Å². The number of hydrogen-bond donors (Lipinski definition) is 1. The highest BCUT2D eigenvalue weighted by Crippen LogP contribution is 2.31. The second kappa shape index (κ2) is 7.58. The van der Waals surface area contributed by atoms with Crippen LogP contribution in [0, 0.1) is 0 Å². The number of carbonyl (C=O) groups is 1. The normalized spacial score (nSPS) is 11.8. The largest absolute Gasteiger partial charge is 0.355 e. The molecule has 0 unspecified atom stereocenters. The van der Waals surface area contributed by atoms with Gasteiger partial charge in [0.25, 0.3) is 0 Å². The molecule has 132 valence electrons. The van der Waals surface area contributed by atoms with Crippen molar-refractivity contribution in [3.8, 4) is 0 Å². The van der Waals surface area contributed by atoms with Crippen molar-refractivity contribution in [2.24, 2.45) is 0 Å². The van der Waals surface area contributed by atoms with Crippen LogP contribution < -0.4 is 5.32 Å². The summed E-state index contributed by atoms with van der Waals surface area (Å²) in [4.78, 5) is 17.8.